The van der Waals surface area contributed by atoms with Crippen LogP contribution >= 0.6 is 0 Å². The van der Waals surface area contributed by atoms with Crippen LogP contribution in [0.3, 0.4) is 0 Å². The summed E-state index contributed by atoms with van der Waals surface area (Å²) in [6.07, 6.45) is 7.61. The van der Waals surface area contributed by atoms with Crippen molar-refractivity contribution in [2.45, 2.75) is 52.0 Å². The molecule has 1 rings (SSSR count). The van der Waals surface area contributed by atoms with Crippen molar-refractivity contribution in [3.05, 3.63) is 11.6 Å². The monoisotopic (exact) mass is 224 g/mol. The lowest BCUT2D eigenvalue weighted by Gasteiger charge is -2.13. The van der Waals surface area contributed by atoms with Crippen LogP contribution in [-0.2, 0) is 4.79 Å². The average molecular weight is 224 g/mol. The normalized spacial score (nSPS) is 16.1. The molecule has 1 amide bonds. The molecule has 0 fully saturated rings. The molecule has 0 spiro atoms. The first-order chi connectivity index (χ1) is 7.68. The molecule has 0 aromatic carbocycles. The number of allylic oxidation sites excluding steroid dienone is 1. The highest BCUT2D eigenvalue weighted by Crippen LogP contribution is 2.19. The lowest BCUT2D eigenvalue weighted by atomic mass is 9.97. The van der Waals surface area contributed by atoms with Crippen molar-refractivity contribution in [1.29, 1.82) is 0 Å². The number of nitrogens with one attached hydrogen (secondary N) is 2. The number of amides is 1. The maximum absolute atomic E-state index is 11.6. The van der Waals surface area contributed by atoms with Crippen molar-refractivity contribution < 1.29 is 4.79 Å². The standard InChI is InChI=1S/C13H24N2O/c1-11(2)14-8-9-15-13(16)10-12-6-4-3-5-7-12/h6,11,14H,3-5,7-10H2,1-2H3,(H,15,16). The van der Waals surface area contributed by atoms with Gasteiger partial charge < -0.3 is 10.6 Å². The summed E-state index contributed by atoms with van der Waals surface area (Å²) in [6.45, 7) is 5.79. The minimum atomic E-state index is 0.165. The molecular formula is C13H24N2O. The van der Waals surface area contributed by atoms with Crippen LogP contribution in [0.15, 0.2) is 11.6 Å². The van der Waals surface area contributed by atoms with Gasteiger partial charge >= 0.3 is 0 Å². The van der Waals surface area contributed by atoms with Crippen molar-refractivity contribution in [2.75, 3.05) is 13.1 Å². The SMILES string of the molecule is CC(C)NCCNC(=O)CC1=CCCCC1. The van der Waals surface area contributed by atoms with Crippen molar-refractivity contribution in [3.8, 4) is 0 Å². The molecule has 3 nitrogen and oxygen atoms in total. The van der Waals surface area contributed by atoms with Crippen molar-refractivity contribution >= 4 is 5.91 Å². The van der Waals surface area contributed by atoms with Gasteiger partial charge in [-0.1, -0.05) is 25.5 Å². The van der Waals surface area contributed by atoms with Crippen LogP contribution in [0.1, 0.15) is 46.0 Å². The van der Waals surface area contributed by atoms with Crippen LogP contribution in [0.4, 0.5) is 0 Å². The molecule has 0 unspecified atom stereocenters. The lowest BCUT2D eigenvalue weighted by molar-refractivity contribution is -0.120. The van der Waals surface area contributed by atoms with E-state index in [4.69, 9.17) is 0 Å². The third-order valence-electron chi connectivity index (χ3n) is 2.77. The highest BCUT2D eigenvalue weighted by atomic mass is 16.1. The van der Waals surface area contributed by atoms with Crippen LogP contribution < -0.4 is 10.6 Å². The Morgan fingerprint density at radius 3 is 2.81 bits per heavy atom. The Balaban J connectivity index is 2.08. The Morgan fingerprint density at radius 1 is 1.38 bits per heavy atom. The fourth-order valence-corrected chi connectivity index (χ4v) is 1.90. The zero-order valence-corrected chi connectivity index (χ0v) is 10.5. The smallest absolute Gasteiger partial charge is 0.224 e. The van der Waals surface area contributed by atoms with Gasteiger partial charge in [-0.15, -0.1) is 0 Å². The summed E-state index contributed by atoms with van der Waals surface area (Å²) >= 11 is 0. The lowest BCUT2D eigenvalue weighted by Crippen LogP contribution is -2.34. The second kappa shape index (κ2) is 7.44. The summed E-state index contributed by atoms with van der Waals surface area (Å²) in [5.41, 5.74) is 1.32. The second-order valence-electron chi connectivity index (χ2n) is 4.74. The van der Waals surface area contributed by atoms with Gasteiger partial charge in [0.05, 0.1) is 0 Å². The molecule has 16 heavy (non-hydrogen) atoms. The fraction of sp³-hybridized carbons (Fsp3) is 0.769. The van der Waals surface area contributed by atoms with E-state index in [2.05, 4.69) is 30.6 Å². The first-order valence-electron chi connectivity index (χ1n) is 6.36. The van der Waals surface area contributed by atoms with E-state index in [1.54, 1.807) is 0 Å². The quantitative estimate of drug-likeness (QED) is 0.535. The first-order valence-corrected chi connectivity index (χ1v) is 6.36. The molecule has 3 heteroatoms. The third-order valence-corrected chi connectivity index (χ3v) is 2.77. The van der Waals surface area contributed by atoms with Crippen molar-refractivity contribution in [2.24, 2.45) is 0 Å². The molecule has 92 valence electrons. The van der Waals surface area contributed by atoms with E-state index in [0.717, 1.165) is 25.9 Å². The Hall–Kier alpha value is -0.830. The largest absolute Gasteiger partial charge is 0.355 e. The van der Waals surface area contributed by atoms with E-state index < -0.39 is 0 Å². The topological polar surface area (TPSA) is 41.1 Å². The number of hydrogen-bond donors (Lipinski definition) is 2. The van der Waals surface area contributed by atoms with E-state index in [-0.39, 0.29) is 5.91 Å². The predicted molar refractivity (Wildman–Crippen MR) is 67.3 cm³/mol. The van der Waals surface area contributed by atoms with Crippen LogP contribution in [0.25, 0.3) is 0 Å². The summed E-state index contributed by atoms with van der Waals surface area (Å²) in [4.78, 5) is 11.6. The molecule has 0 radical (unpaired) electrons. The Labute approximate surface area is 98.7 Å². The average Bonchev–Trinajstić information content (AvgIpc) is 2.25. The molecule has 1 aliphatic rings. The zero-order valence-electron chi connectivity index (χ0n) is 10.5. The van der Waals surface area contributed by atoms with E-state index in [9.17, 15) is 4.79 Å². The molecular weight excluding hydrogens is 200 g/mol. The van der Waals surface area contributed by atoms with Crippen LogP contribution in [-0.4, -0.2) is 25.0 Å². The van der Waals surface area contributed by atoms with Crippen LogP contribution in [0.2, 0.25) is 0 Å². The van der Waals surface area contributed by atoms with Crippen molar-refractivity contribution in [3.63, 3.8) is 0 Å². The Kier molecular flexibility index (Phi) is 6.16. The van der Waals surface area contributed by atoms with Gasteiger partial charge in [0.2, 0.25) is 5.91 Å². The maximum Gasteiger partial charge on any atom is 0.224 e. The second-order valence-corrected chi connectivity index (χ2v) is 4.74. The molecule has 0 aliphatic heterocycles. The van der Waals surface area contributed by atoms with Gasteiger partial charge in [0.15, 0.2) is 0 Å². The van der Waals surface area contributed by atoms with E-state index in [1.165, 1.54) is 18.4 Å². The van der Waals surface area contributed by atoms with Crippen LogP contribution in [0.5, 0.6) is 0 Å². The van der Waals surface area contributed by atoms with Crippen LogP contribution in [0, 0.1) is 0 Å². The fourth-order valence-electron chi connectivity index (χ4n) is 1.90. The minimum Gasteiger partial charge on any atom is -0.355 e. The summed E-state index contributed by atoms with van der Waals surface area (Å²) in [6, 6.07) is 0.484. The van der Waals surface area contributed by atoms with Gasteiger partial charge in [-0.25, -0.2) is 0 Å². The summed E-state index contributed by atoms with van der Waals surface area (Å²) in [5.74, 6) is 0.165. The first kappa shape index (κ1) is 13.2. The number of rotatable bonds is 6. The Morgan fingerprint density at radius 2 is 2.19 bits per heavy atom. The van der Waals surface area contributed by atoms with E-state index in [0.29, 0.717) is 12.5 Å². The minimum absolute atomic E-state index is 0.165. The maximum atomic E-state index is 11.6. The molecule has 2 N–H and O–H groups in total. The highest BCUT2D eigenvalue weighted by molar-refractivity contribution is 5.78. The predicted octanol–water partition coefficient (Wildman–Crippen LogP) is 1.99. The van der Waals surface area contributed by atoms with Gasteiger partial charge in [-0.3, -0.25) is 4.79 Å². The summed E-state index contributed by atoms with van der Waals surface area (Å²) in [5, 5.41) is 6.22. The van der Waals surface area contributed by atoms with Gasteiger partial charge in [0.25, 0.3) is 0 Å². The number of hydrogen-bond acceptors (Lipinski definition) is 2. The van der Waals surface area contributed by atoms with Gasteiger partial charge in [-0.2, -0.15) is 0 Å². The molecule has 1 aliphatic carbocycles. The van der Waals surface area contributed by atoms with Gasteiger partial charge in [0.1, 0.15) is 0 Å². The molecule has 0 aromatic rings. The summed E-state index contributed by atoms with van der Waals surface area (Å²) in [7, 11) is 0. The molecule has 0 saturated carbocycles. The zero-order chi connectivity index (χ0) is 11.8. The molecule has 0 bridgehead atoms. The number of carbonyl (C=O) groups excluding carboxylic acids is 1. The summed E-state index contributed by atoms with van der Waals surface area (Å²) < 4.78 is 0. The third kappa shape index (κ3) is 5.91. The van der Waals surface area contributed by atoms with Crippen molar-refractivity contribution in [1.82, 2.24) is 10.6 Å². The molecule has 0 saturated heterocycles. The Bertz CT molecular complexity index is 246. The number of carbonyl (C=O) groups is 1. The van der Waals surface area contributed by atoms with Gasteiger partial charge in [-0.05, 0) is 25.7 Å². The van der Waals surface area contributed by atoms with Gasteiger partial charge in [0, 0.05) is 25.6 Å². The molecule has 0 atom stereocenters. The molecule has 0 aromatic heterocycles. The van der Waals surface area contributed by atoms with E-state index >= 15 is 0 Å². The molecule has 0 heterocycles. The highest BCUT2D eigenvalue weighted by Gasteiger charge is 2.08. The van der Waals surface area contributed by atoms with E-state index in [1.807, 2.05) is 0 Å².